The molecule has 0 aromatic carbocycles. The van der Waals surface area contributed by atoms with Gasteiger partial charge in [-0.2, -0.15) is 9.40 Å². The highest BCUT2D eigenvalue weighted by atomic mass is 32.2. The molecule has 164 valence electrons. The van der Waals surface area contributed by atoms with E-state index in [-0.39, 0.29) is 42.5 Å². The van der Waals surface area contributed by atoms with E-state index in [1.54, 1.807) is 35.2 Å². The van der Waals surface area contributed by atoms with Crippen LogP contribution in [-0.2, 0) is 24.7 Å². The zero-order valence-electron chi connectivity index (χ0n) is 16.5. The normalized spacial score (nSPS) is 22.9. The van der Waals surface area contributed by atoms with Crippen LogP contribution in [0.5, 0.6) is 0 Å². The molecule has 1 N–H and O–H groups in total. The first-order chi connectivity index (χ1) is 14.2. The molecule has 2 aliphatic heterocycles. The minimum Gasteiger partial charge on any atom is -0.311 e. The molecule has 0 spiro atoms. The fourth-order valence-electron chi connectivity index (χ4n) is 3.98. The van der Waals surface area contributed by atoms with Crippen molar-refractivity contribution in [2.75, 3.05) is 29.9 Å². The molecule has 0 saturated carbocycles. The number of sulfonamides is 1. The van der Waals surface area contributed by atoms with Crippen molar-refractivity contribution < 1.29 is 21.6 Å². The van der Waals surface area contributed by atoms with Crippen LogP contribution in [0.4, 0.5) is 5.82 Å². The Balaban J connectivity index is 1.40. The average molecular weight is 473 g/mol. The van der Waals surface area contributed by atoms with E-state index in [2.05, 4.69) is 10.4 Å². The zero-order valence-corrected chi connectivity index (χ0v) is 19.0. The molecule has 2 aromatic rings. The fourth-order valence-corrected chi connectivity index (χ4v) is 8.29. The van der Waals surface area contributed by atoms with E-state index in [1.165, 1.54) is 15.6 Å². The van der Waals surface area contributed by atoms with Gasteiger partial charge < -0.3 is 5.32 Å². The lowest BCUT2D eigenvalue weighted by Gasteiger charge is -2.30. The number of rotatable bonds is 5. The van der Waals surface area contributed by atoms with Crippen molar-refractivity contribution in [2.24, 2.45) is 5.92 Å². The van der Waals surface area contributed by atoms with Gasteiger partial charge >= 0.3 is 0 Å². The Morgan fingerprint density at radius 1 is 1.27 bits per heavy atom. The number of hydrogen-bond donors (Lipinski definition) is 1. The van der Waals surface area contributed by atoms with Crippen molar-refractivity contribution in [3.8, 4) is 0 Å². The Morgan fingerprint density at radius 3 is 2.60 bits per heavy atom. The number of carbonyl (C=O) groups is 1. The summed E-state index contributed by atoms with van der Waals surface area (Å²) in [7, 11) is -6.58. The number of aromatic nitrogens is 2. The lowest BCUT2D eigenvalue weighted by molar-refractivity contribution is -0.121. The molecule has 12 heteroatoms. The number of anilines is 1. The van der Waals surface area contributed by atoms with Gasteiger partial charge in [0.1, 0.15) is 10.0 Å². The molecule has 1 atom stereocenters. The number of nitrogens with one attached hydrogen (secondary N) is 1. The van der Waals surface area contributed by atoms with Gasteiger partial charge in [-0.15, -0.1) is 11.3 Å². The van der Waals surface area contributed by atoms with Gasteiger partial charge in [-0.1, -0.05) is 6.07 Å². The number of sulfone groups is 1. The topological polar surface area (TPSA) is 118 Å². The standard InChI is InChI=1S/C18H24N4O5S3/c1-13-11-16(22(20-13)15-6-10-29(24,25)12-15)19-18(23)14-4-7-21(8-5-14)30(26,27)17-3-2-9-28-17/h2-3,9,11,14-15H,4-8,10,12H2,1H3,(H,19,23). The van der Waals surface area contributed by atoms with Gasteiger partial charge in [-0.05, 0) is 37.6 Å². The van der Waals surface area contributed by atoms with Crippen molar-refractivity contribution >= 4 is 42.9 Å². The predicted molar refractivity (Wildman–Crippen MR) is 114 cm³/mol. The van der Waals surface area contributed by atoms with Gasteiger partial charge in [-0.3, -0.25) is 4.79 Å². The third-order valence-electron chi connectivity index (χ3n) is 5.58. The summed E-state index contributed by atoms with van der Waals surface area (Å²) in [6, 6.07) is 4.75. The van der Waals surface area contributed by atoms with Crippen LogP contribution in [0.3, 0.4) is 0 Å². The van der Waals surface area contributed by atoms with E-state index in [4.69, 9.17) is 0 Å². The molecule has 30 heavy (non-hydrogen) atoms. The summed E-state index contributed by atoms with van der Waals surface area (Å²) < 4.78 is 52.3. The smallest absolute Gasteiger partial charge is 0.252 e. The maximum Gasteiger partial charge on any atom is 0.252 e. The minimum atomic E-state index is -3.50. The van der Waals surface area contributed by atoms with Gasteiger partial charge in [0.25, 0.3) is 10.0 Å². The van der Waals surface area contributed by atoms with Gasteiger partial charge in [0, 0.05) is 25.1 Å². The number of carbonyl (C=O) groups excluding carboxylic acids is 1. The molecule has 1 unspecified atom stereocenters. The summed E-state index contributed by atoms with van der Waals surface area (Å²) >= 11 is 1.19. The number of nitrogens with zero attached hydrogens (tertiary/aromatic N) is 3. The Hall–Kier alpha value is -1.76. The average Bonchev–Trinajstić information content (AvgIpc) is 3.42. The van der Waals surface area contributed by atoms with E-state index in [0.717, 1.165) is 0 Å². The first-order valence-corrected chi connectivity index (χ1v) is 13.9. The maximum absolute atomic E-state index is 12.8. The fraction of sp³-hybridized carbons (Fsp3) is 0.556. The summed E-state index contributed by atoms with van der Waals surface area (Å²) in [4.78, 5) is 12.8. The molecule has 2 fully saturated rings. The molecule has 0 aliphatic carbocycles. The molecule has 2 saturated heterocycles. The molecule has 0 radical (unpaired) electrons. The van der Waals surface area contributed by atoms with E-state index >= 15 is 0 Å². The SMILES string of the molecule is Cc1cc(NC(=O)C2CCN(S(=O)(=O)c3cccs3)CC2)n(C2CCS(=O)(=O)C2)n1. The number of thiophene rings is 1. The second-order valence-electron chi connectivity index (χ2n) is 7.77. The highest BCUT2D eigenvalue weighted by molar-refractivity contribution is 7.91. The molecular formula is C18H24N4O5S3. The first-order valence-electron chi connectivity index (χ1n) is 9.77. The van der Waals surface area contributed by atoms with Crippen molar-refractivity contribution in [1.29, 1.82) is 0 Å². The summed E-state index contributed by atoms with van der Waals surface area (Å²) in [6.07, 6.45) is 1.34. The Morgan fingerprint density at radius 2 is 2.00 bits per heavy atom. The molecule has 2 aliphatic rings. The molecule has 2 aromatic heterocycles. The van der Waals surface area contributed by atoms with E-state index in [1.807, 2.05) is 0 Å². The van der Waals surface area contributed by atoms with E-state index in [0.29, 0.717) is 35.0 Å². The lowest BCUT2D eigenvalue weighted by atomic mass is 9.97. The summed E-state index contributed by atoms with van der Waals surface area (Å²) in [5.41, 5.74) is 0.700. The van der Waals surface area contributed by atoms with Crippen molar-refractivity contribution in [3.63, 3.8) is 0 Å². The largest absolute Gasteiger partial charge is 0.311 e. The second kappa shape index (κ2) is 8.06. The van der Waals surface area contributed by atoms with Crippen LogP contribution in [0.1, 0.15) is 31.0 Å². The highest BCUT2D eigenvalue weighted by Crippen LogP contribution is 2.29. The quantitative estimate of drug-likeness (QED) is 0.707. The first kappa shape index (κ1) is 21.5. The minimum absolute atomic E-state index is 0.0238. The monoisotopic (exact) mass is 472 g/mol. The lowest BCUT2D eigenvalue weighted by Crippen LogP contribution is -2.41. The molecule has 1 amide bonds. The number of aryl methyl sites for hydroxylation is 1. The number of piperidine rings is 1. The molecular weight excluding hydrogens is 448 g/mol. The third kappa shape index (κ3) is 4.32. The van der Waals surface area contributed by atoms with Gasteiger partial charge in [0.05, 0.1) is 23.2 Å². The molecule has 4 heterocycles. The molecule has 0 bridgehead atoms. The van der Waals surface area contributed by atoms with Crippen LogP contribution >= 0.6 is 11.3 Å². The predicted octanol–water partition coefficient (Wildman–Crippen LogP) is 1.65. The van der Waals surface area contributed by atoms with Crippen LogP contribution in [-0.4, -0.2) is 61.4 Å². The summed E-state index contributed by atoms with van der Waals surface area (Å²) in [6.45, 7) is 2.37. The Labute approximate surface area is 180 Å². The van der Waals surface area contributed by atoms with Crippen LogP contribution in [0.2, 0.25) is 0 Å². The van der Waals surface area contributed by atoms with E-state index < -0.39 is 19.9 Å². The number of amides is 1. The number of hydrogen-bond acceptors (Lipinski definition) is 7. The van der Waals surface area contributed by atoms with Crippen molar-refractivity contribution in [3.05, 3.63) is 29.3 Å². The Bertz CT molecular complexity index is 1130. The van der Waals surface area contributed by atoms with Gasteiger partial charge in [0.2, 0.25) is 5.91 Å². The van der Waals surface area contributed by atoms with E-state index in [9.17, 15) is 21.6 Å². The Kier molecular flexibility index (Phi) is 5.77. The highest BCUT2D eigenvalue weighted by Gasteiger charge is 2.34. The summed E-state index contributed by atoms with van der Waals surface area (Å²) in [5, 5.41) is 9.00. The van der Waals surface area contributed by atoms with Crippen LogP contribution in [0.25, 0.3) is 0 Å². The van der Waals surface area contributed by atoms with Crippen molar-refractivity contribution in [1.82, 2.24) is 14.1 Å². The summed E-state index contributed by atoms with van der Waals surface area (Å²) in [5.74, 6) is 0.144. The van der Waals surface area contributed by atoms with Crippen molar-refractivity contribution in [2.45, 2.75) is 36.4 Å². The second-order valence-corrected chi connectivity index (χ2v) is 13.1. The van der Waals surface area contributed by atoms with Gasteiger partial charge in [-0.25, -0.2) is 21.5 Å². The maximum atomic E-state index is 12.8. The van der Waals surface area contributed by atoms with Gasteiger partial charge in [0.15, 0.2) is 9.84 Å². The van der Waals surface area contributed by atoms with Crippen LogP contribution < -0.4 is 5.32 Å². The molecule has 9 nitrogen and oxygen atoms in total. The molecule has 4 rings (SSSR count). The zero-order chi connectivity index (χ0) is 21.5. The third-order valence-corrected chi connectivity index (χ3v) is 10.6. The van der Waals surface area contributed by atoms with Crippen LogP contribution in [0, 0.1) is 12.8 Å². The van der Waals surface area contributed by atoms with Crippen LogP contribution in [0.15, 0.2) is 27.8 Å².